The van der Waals surface area contributed by atoms with Crippen molar-refractivity contribution in [2.45, 2.75) is 30.7 Å². The molecule has 3 aliphatic heterocycles. The third-order valence-corrected chi connectivity index (χ3v) is 10.7. The van der Waals surface area contributed by atoms with Crippen molar-refractivity contribution in [1.29, 1.82) is 0 Å². The maximum Gasteiger partial charge on any atom is 0.328 e. The van der Waals surface area contributed by atoms with E-state index in [-0.39, 0.29) is 49.0 Å². The summed E-state index contributed by atoms with van der Waals surface area (Å²) in [7, 11) is -6.67. The second-order valence-electron chi connectivity index (χ2n) is 9.39. The molecule has 4 rings (SSSR count). The molecule has 0 unspecified atom stereocenters. The second kappa shape index (κ2) is 8.99. The van der Waals surface area contributed by atoms with Gasteiger partial charge in [0.1, 0.15) is 0 Å². The molecule has 2 amide bonds. The zero-order valence-corrected chi connectivity index (χ0v) is 20.9. The minimum absolute atomic E-state index is 0.00911. The Balaban J connectivity index is 1.30. The van der Waals surface area contributed by atoms with Crippen LogP contribution in [0.25, 0.3) is 0 Å². The summed E-state index contributed by atoms with van der Waals surface area (Å²) >= 11 is 0. The van der Waals surface area contributed by atoms with Gasteiger partial charge in [-0.05, 0) is 31.3 Å². The van der Waals surface area contributed by atoms with Gasteiger partial charge in [0.15, 0.2) is 24.4 Å². The van der Waals surface area contributed by atoms with Crippen molar-refractivity contribution in [2.24, 2.45) is 5.92 Å². The van der Waals surface area contributed by atoms with E-state index in [2.05, 4.69) is 28.6 Å². The van der Waals surface area contributed by atoms with E-state index in [1.54, 1.807) is 12.3 Å². The summed E-state index contributed by atoms with van der Waals surface area (Å²) in [6.45, 7) is 2.95. The van der Waals surface area contributed by atoms with Gasteiger partial charge >= 0.3 is 6.03 Å². The van der Waals surface area contributed by atoms with Crippen LogP contribution in [0.3, 0.4) is 0 Å². The van der Waals surface area contributed by atoms with Crippen LogP contribution in [0.2, 0.25) is 0 Å². The Labute approximate surface area is 204 Å². The quantitative estimate of drug-likeness (QED) is 0.276. The molecule has 1 aromatic heterocycles. The lowest BCUT2D eigenvalue weighted by Gasteiger charge is -2.45. The van der Waals surface area contributed by atoms with Gasteiger partial charge in [0, 0.05) is 55.3 Å². The molecule has 13 heteroatoms. The first-order valence-corrected chi connectivity index (χ1v) is 14.6. The van der Waals surface area contributed by atoms with Gasteiger partial charge in [-0.25, -0.2) is 27.1 Å². The van der Waals surface area contributed by atoms with Crippen LogP contribution < -0.4 is 5.48 Å². The third kappa shape index (κ3) is 4.95. The summed E-state index contributed by atoms with van der Waals surface area (Å²) in [6.07, 6.45) is 2.32. The van der Waals surface area contributed by atoms with Crippen LogP contribution in [0.4, 0.5) is 4.79 Å². The maximum atomic E-state index is 12.7. The first kappa shape index (κ1) is 25.3. The molecule has 2 N–H and O–H groups in total. The highest BCUT2D eigenvalue weighted by Crippen LogP contribution is 2.26. The van der Waals surface area contributed by atoms with E-state index in [0.29, 0.717) is 11.3 Å². The van der Waals surface area contributed by atoms with Crippen molar-refractivity contribution in [3.8, 4) is 23.7 Å². The van der Waals surface area contributed by atoms with E-state index in [0.717, 1.165) is 19.3 Å². The smallest absolute Gasteiger partial charge is 0.318 e. The highest BCUT2D eigenvalue weighted by Gasteiger charge is 2.44. The number of carbonyl (C=O) groups excluding carboxylic acids is 2. The normalized spacial score (nSPS) is 21.5. The number of fused-ring (bicyclic) bond motifs is 1. The molecule has 11 nitrogen and oxygen atoms in total. The lowest BCUT2D eigenvalue weighted by molar-refractivity contribution is -0.131. The molecule has 0 saturated carbocycles. The first-order valence-electron chi connectivity index (χ1n) is 10.9. The lowest BCUT2D eigenvalue weighted by Crippen LogP contribution is -2.61. The van der Waals surface area contributed by atoms with E-state index in [1.165, 1.54) is 21.9 Å². The summed E-state index contributed by atoms with van der Waals surface area (Å²) in [5, 5.41) is 8.92. The zero-order chi connectivity index (χ0) is 25.6. The number of aromatic nitrogens is 1. The molecular formula is C22H26N4O7S2. The third-order valence-electron chi connectivity index (χ3n) is 6.85. The van der Waals surface area contributed by atoms with E-state index < -0.39 is 30.3 Å². The molecule has 0 spiro atoms. The molecule has 188 valence electrons. The van der Waals surface area contributed by atoms with Crippen LogP contribution in [0.1, 0.15) is 24.6 Å². The fraction of sp³-hybridized carbons (Fsp3) is 0.545. The van der Waals surface area contributed by atoms with Gasteiger partial charge in [-0.15, -0.1) is 0 Å². The van der Waals surface area contributed by atoms with Gasteiger partial charge in [-0.3, -0.25) is 19.5 Å². The number of nitrogens with zero attached hydrogens (tertiary/aromatic N) is 3. The van der Waals surface area contributed by atoms with E-state index >= 15 is 0 Å². The first-order chi connectivity index (χ1) is 16.3. The van der Waals surface area contributed by atoms with Crippen LogP contribution in [0.5, 0.6) is 0 Å². The van der Waals surface area contributed by atoms with Crippen molar-refractivity contribution in [3.05, 3.63) is 23.5 Å². The molecule has 0 aliphatic carbocycles. The zero-order valence-electron chi connectivity index (χ0n) is 19.3. The number of rotatable bonds is 6. The Morgan fingerprint density at radius 1 is 1.29 bits per heavy atom. The van der Waals surface area contributed by atoms with E-state index in [1.807, 2.05) is 0 Å². The minimum Gasteiger partial charge on any atom is -0.318 e. The van der Waals surface area contributed by atoms with Crippen molar-refractivity contribution >= 4 is 31.6 Å². The van der Waals surface area contributed by atoms with E-state index in [9.17, 15) is 26.4 Å². The van der Waals surface area contributed by atoms with Crippen LogP contribution >= 0.6 is 0 Å². The fourth-order valence-corrected chi connectivity index (χ4v) is 6.63. The largest absolute Gasteiger partial charge is 0.328 e. The van der Waals surface area contributed by atoms with Gasteiger partial charge in [-0.1, -0.05) is 11.8 Å². The predicted molar refractivity (Wildman–Crippen MR) is 126 cm³/mol. The molecule has 3 aliphatic rings. The number of nitrogens with one attached hydrogen (secondary N) is 1. The van der Waals surface area contributed by atoms with Crippen LogP contribution in [0, 0.1) is 29.6 Å². The van der Waals surface area contributed by atoms with Crippen LogP contribution in [-0.2, 0) is 31.0 Å². The number of hydrogen-bond acceptors (Lipinski definition) is 8. The van der Waals surface area contributed by atoms with Crippen LogP contribution in [0.15, 0.2) is 12.3 Å². The summed E-state index contributed by atoms with van der Waals surface area (Å²) in [4.78, 5) is 28.2. The van der Waals surface area contributed by atoms with Crippen molar-refractivity contribution in [2.75, 3.05) is 37.4 Å². The highest BCUT2D eigenvalue weighted by molar-refractivity contribution is 7.93. The van der Waals surface area contributed by atoms with Crippen molar-refractivity contribution in [3.63, 3.8) is 0 Å². The number of hydroxylamine groups is 1. The molecule has 0 bridgehead atoms. The van der Waals surface area contributed by atoms with Crippen LogP contribution in [-0.4, -0.2) is 96.5 Å². The number of carbonyl (C=O) groups is 2. The van der Waals surface area contributed by atoms with Crippen molar-refractivity contribution < 1.29 is 31.6 Å². The molecule has 0 aromatic carbocycles. The molecule has 4 heterocycles. The van der Waals surface area contributed by atoms with Gasteiger partial charge in [0.05, 0.1) is 18.1 Å². The Hall–Kier alpha value is -2.84. The van der Waals surface area contributed by atoms with Gasteiger partial charge < -0.3 is 4.90 Å². The Morgan fingerprint density at radius 3 is 2.54 bits per heavy atom. The maximum absolute atomic E-state index is 12.7. The Morgan fingerprint density at radius 2 is 1.97 bits per heavy atom. The molecule has 0 radical (unpaired) electrons. The van der Waals surface area contributed by atoms with Gasteiger partial charge in [-0.2, -0.15) is 0 Å². The average Bonchev–Trinajstić information content (AvgIpc) is 3.25. The lowest BCUT2D eigenvalue weighted by atomic mass is 9.99. The number of hydrogen-bond donors (Lipinski definition) is 2. The summed E-state index contributed by atoms with van der Waals surface area (Å²) in [5.41, 5.74) is 2.70. The summed E-state index contributed by atoms with van der Waals surface area (Å²) in [6, 6.07) is 1.52. The topological polar surface area (TPSA) is 146 Å². The highest BCUT2D eigenvalue weighted by atomic mass is 32.2. The van der Waals surface area contributed by atoms with Crippen molar-refractivity contribution in [1.82, 2.24) is 19.8 Å². The standard InChI is InChI=1S/C22H26N4O7S2/c1-22(20(27)23-29,34(2,30)31)7-8-24-13-18-9-16(12-26(18)21(24)28)5-3-4-6-17-10-25(11-17)19-14-35(32,33)15-19/h9,12,17,19,29H,7-8,10-11,13-15H2,1-2H3,(H,23,27)/t22-/m1/s1. The van der Waals surface area contributed by atoms with E-state index in [4.69, 9.17) is 5.21 Å². The Kier molecular flexibility index (Phi) is 6.49. The number of amides is 2. The molecule has 1 aromatic rings. The summed E-state index contributed by atoms with van der Waals surface area (Å²) < 4.78 is 46.3. The second-order valence-corrected chi connectivity index (χ2v) is 14.0. The monoisotopic (exact) mass is 522 g/mol. The van der Waals surface area contributed by atoms with Gasteiger partial charge in [0.25, 0.3) is 5.91 Å². The number of sulfone groups is 2. The molecule has 35 heavy (non-hydrogen) atoms. The fourth-order valence-electron chi connectivity index (χ4n) is 4.29. The summed E-state index contributed by atoms with van der Waals surface area (Å²) in [5.74, 6) is 11.2. The van der Waals surface area contributed by atoms with Gasteiger partial charge in [0.2, 0.25) is 0 Å². The molecule has 1 atom stereocenters. The predicted octanol–water partition coefficient (Wildman–Crippen LogP) is -0.946. The average molecular weight is 523 g/mol. The number of likely N-dealkylation sites (tertiary alicyclic amines) is 1. The molecule has 2 saturated heterocycles. The SMILES string of the molecule is C[C@@](CCN1Cc2cc(C#CC#CC3CN(C4CS(=O)(=O)C4)C3)cn2C1=O)(C(=O)NO)S(C)(=O)=O. The molecule has 2 fully saturated rings. The molecular weight excluding hydrogens is 496 g/mol. The minimum atomic E-state index is -3.85. The Bertz CT molecular complexity index is 1390.